The lowest BCUT2D eigenvalue weighted by Crippen LogP contribution is -2.14. The minimum absolute atomic E-state index is 0.101. The summed E-state index contributed by atoms with van der Waals surface area (Å²) in [5.74, 6) is -0.749. The van der Waals surface area contributed by atoms with Crippen LogP contribution in [0.1, 0.15) is 6.92 Å². The average molecular weight is 377 g/mol. The van der Waals surface area contributed by atoms with Crippen LogP contribution in [0.15, 0.2) is 65.2 Å². The fraction of sp³-hybridized carbons (Fsp3) is 0.0526. The maximum Gasteiger partial charge on any atom is 0.267 e. The number of rotatable bonds is 6. The molecule has 3 N–H and O–H groups in total. The molecule has 0 bridgehead atoms. The lowest BCUT2D eigenvalue weighted by atomic mass is 10.2. The van der Waals surface area contributed by atoms with Crippen molar-refractivity contribution in [2.24, 2.45) is 0 Å². The Kier molecular flexibility index (Phi) is 7.00. The third-order valence-corrected chi connectivity index (χ3v) is 3.83. The van der Waals surface area contributed by atoms with Crippen LogP contribution in [-0.2, 0) is 9.59 Å². The number of hydrogen-bond acceptors (Lipinski definition) is 6. The van der Waals surface area contributed by atoms with Crippen molar-refractivity contribution >= 4 is 40.6 Å². The van der Waals surface area contributed by atoms with E-state index in [2.05, 4.69) is 16.0 Å². The third kappa shape index (κ3) is 6.24. The van der Waals surface area contributed by atoms with Gasteiger partial charge >= 0.3 is 0 Å². The average Bonchev–Trinajstić information content (AvgIpc) is 2.65. The first-order valence-electron chi connectivity index (χ1n) is 7.73. The first-order chi connectivity index (χ1) is 13.0. The highest BCUT2D eigenvalue weighted by molar-refractivity contribution is 8.03. The van der Waals surface area contributed by atoms with Crippen molar-refractivity contribution in [2.45, 2.75) is 11.8 Å². The second-order valence-corrected chi connectivity index (χ2v) is 6.10. The predicted molar refractivity (Wildman–Crippen MR) is 105 cm³/mol. The molecule has 0 aliphatic rings. The van der Waals surface area contributed by atoms with Gasteiger partial charge in [-0.25, -0.2) is 0 Å². The van der Waals surface area contributed by atoms with E-state index in [1.165, 1.54) is 13.1 Å². The molecular weight excluding hydrogens is 362 g/mol. The van der Waals surface area contributed by atoms with Gasteiger partial charge in [0.2, 0.25) is 5.91 Å². The van der Waals surface area contributed by atoms with Crippen LogP contribution in [0.4, 0.5) is 17.1 Å². The van der Waals surface area contributed by atoms with Crippen LogP contribution in [0.25, 0.3) is 0 Å². The summed E-state index contributed by atoms with van der Waals surface area (Å²) in [6.45, 7) is 1.41. The number of thioether (sulfide) groups is 1. The van der Waals surface area contributed by atoms with E-state index in [1.54, 1.807) is 48.5 Å². The first-order valence-corrected chi connectivity index (χ1v) is 8.55. The smallest absolute Gasteiger partial charge is 0.267 e. The standard InChI is InChI=1S/C19H15N5O2S/c1-13(25)23-16-2-4-17(5-3-16)24-19(26)14(10-20)11-22-15-6-8-18(9-7-15)27-12-21/h2-9,11,22H,1H3,(H,23,25)(H,24,26)/b14-11-. The number of anilines is 3. The quantitative estimate of drug-likeness (QED) is 0.306. The maximum atomic E-state index is 12.2. The lowest BCUT2D eigenvalue weighted by Gasteiger charge is -2.07. The van der Waals surface area contributed by atoms with Crippen molar-refractivity contribution in [3.63, 3.8) is 0 Å². The summed E-state index contributed by atoms with van der Waals surface area (Å²) in [4.78, 5) is 24.0. The molecule has 2 aromatic rings. The number of thiocyanates is 1. The van der Waals surface area contributed by atoms with Crippen LogP contribution in [0.3, 0.4) is 0 Å². The Labute approximate surface area is 160 Å². The Morgan fingerprint density at radius 1 is 0.926 bits per heavy atom. The zero-order valence-electron chi connectivity index (χ0n) is 14.3. The Morgan fingerprint density at radius 2 is 1.48 bits per heavy atom. The number of nitrogens with zero attached hydrogens (tertiary/aromatic N) is 2. The third-order valence-electron chi connectivity index (χ3n) is 3.23. The summed E-state index contributed by atoms with van der Waals surface area (Å²) in [5.41, 5.74) is 1.68. The summed E-state index contributed by atoms with van der Waals surface area (Å²) in [7, 11) is 0. The molecule has 0 unspecified atom stereocenters. The van der Waals surface area contributed by atoms with E-state index in [0.29, 0.717) is 17.1 Å². The van der Waals surface area contributed by atoms with E-state index in [9.17, 15) is 14.9 Å². The van der Waals surface area contributed by atoms with Gasteiger partial charge in [-0.3, -0.25) is 9.59 Å². The summed E-state index contributed by atoms with van der Waals surface area (Å²) >= 11 is 1.05. The van der Waals surface area contributed by atoms with Crippen LogP contribution >= 0.6 is 11.8 Å². The number of amides is 2. The Hall–Kier alpha value is -3.75. The van der Waals surface area contributed by atoms with E-state index in [4.69, 9.17) is 5.26 Å². The summed E-state index contributed by atoms with van der Waals surface area (Å²) < 4.78 is 0. The Bertz CT molecular complexity index is 938. The van der Waals surface area contributed by atoms with Gasteiger partial charge in [0.05, 0.1) is 0 Å². The van der Waals surface area contributed by atoms with Gasteiger partial charge in [0.1, 0.15) is 17.0 Å². The number of nitriles is 2. The molecule has 2 aromatic carbocycles. The summed E-state index contributed by atoms with van der Waals surface area (Å²) in [5, 5.41) is 27.9. The molecule has 27 heavy (non-hydrogen) atoms. The van der Waals surface area contributed by atoms with Gasteiger partial charge in [-0.15, -0.1) is 0 Å². The lowest BCUT2D eigenvalue weighted by molar-refractivity contribution is -0.114. The molecule has 0 radical (unpaired) electrons. The molecule has 8 heteroatoms. The highest BCUT2D eigenvalue weighted by Crippen LogP contribution is 2.19. The maximum absolute atomic E-state index is 12.2. The molecule has 0 heterocycles. The molecule has 0 spiro atoms. The topological polar surface area (TPSA) is 118 Å². The second kappa shape index (κ2) is 9.66. The van der Waals surface area contributed by atoms with Crippen LogP contribution in [0, 0.1) is 22.0 Å². The van der Waals surface area contributed by atoms with Crippen molar-refractivity contribution in [3.8, 4) is 11.5 Å². The molecule has 0 saturated carbocycles. The molecule has 2 amide bonds. The number of carbonyl (C=O) groups is 2. The molecule has 0 aromatic heterocycles. The van der Waals surface area contributed by atoms with E-state index in [0.717, 1.165) is 16.7 Å². The SMILES string of the molecule is CC(=O)Nc1ccc(NC(=O)/C(C#N)=C\Nc2ccc(SC#N)cc2)cc1. The summed E-state index contributed by atoms with van der Waals surface area (Å²) in [6, 6.07) is 15.4. The molecule has 2 rings (SSSR count). The van der Waals surface area contributed by atoms with Crippen LogP contribution in [-0.4, -0.2) is 11.8 Å². The van der Waals surface area contributed by atoms with Gasteiger partial charge in [0, 0.05) is 35.1 Å². The fourth-order valence-electron chi connectivity index (χ4n) is 2.01. The van der Waals surface area contributed by atoms with E-state index in [1.807, 2.05) is 11.5 Å². The predicted octanol–water partition coefficient (Wildman–Crippen LogP) is 3.68. The van der Waals surface area contributed by atoms with E-state index >= 15 is 0 Å². The number of carbonyl (C=O) groups excluding carboxylic acids is 2. The molecule has 0 aliphatic carbocycles. The molecule has 0 fully saturated rings. The zero-order valence-corrected chi connectivity index (χ0v) is 15.1. The zero-order chi connectivity index (χ0) is 19.6. The fourth-order valence-corrected chi connectivity index (χ4v) is 2.39. The van der Waals surface area contributed by atoms with Gasteiger partial charge in [-0.2, -0.15) is 10.5 Å². The first kappa shape index (κ1) is 19.6. The van der Waals surface area contributed by atoms with Crippen molar-refractivity contribution in [1.82, 2.24) is 0 Å². The van der Waals surface area contributed by atoms with Gasteiger partial charge in [-0.1, -0.05) is 0 Å². The van der Waals surface area contributed by atoms with Crippen LogP contribution in [0.5, 0.6) is 0 Å². The molecule has 0 saturated heterocycles. The molecule has 0 aliphatic heterocycles. The van der Waals surface area contributed by atoms with Gasteiger partial charge in [0.15, 0.2) is 0 Å². The minimum Gasteiger partial charge on any atom is -0.360 e. The monoisotopic (exact) mass is 377 g/mol. The number of nitrogens with one attached hydrogen (secondary N) is 3. The second-order valence-electron chi connectivity index (χ2n) is 5.24. The Morgan fingerprint density at radius 3 is 2.00 bits per heavy atom. The minimum atomic E-state index is -0.561. The normalized spacial score (nSPS) is 10.3. The molecule has 0 atom stereocenters. The highest BCUT2D eigenvalue weighted by Gasteiger charge is 2.09. The van der Waals surface area contributed by atoms with Crippen molar-refractivity contribution in [1.29, 1.82) is 10.5 Å². The van der Waals surface area contributed by atoms with Crippen molar-refractivity contribution in [3.05, 3.63) is 60.3 Å². The molecular formula is C19H15N5O2S. The Balaban J connectivity index is 2.00. The van der Waals surface area contributed by atoms with Gasteiger partial charge in [0.25, 0.3) is 5.91 Å². The number of hydrogen-bond donors (Lipinski definition) is 3. The van der Waals surface area contributed by atoms with E-state index < -0.39 is 5.91 Å². The van der Waals surface area contributed by atoms with Gasteiger partial charge < -0.3 is 16.0 Å². The molecule has 134 valence electrons. The van der Waals surface area contributed by atoms with Gasteiger partial charge in [-0.05, 0) is 60.3 Å². The number of benzene rings is 2. The van der Waals surface area contributed by atoms with Crippen LogP contribution < -0.4 is 16.0 Å². The largest absolute Gasteiger partial charge is 0.360 e. The highest BCUT2D eigenvalue weighted by atomic mass is 32.2. The van der Waals surface area contributed by atoms with Crippen LogP contribution in [0.2, 0.25) is 0 Å². The van der Waals surface area contributed by atoms with E-state index in [-0.39, 0.29) is 11.5 Å². The molecule has 7 nitrogen and oxygen atoms in total. The summed E-state index contributed by atoms with van der Waals surface area (Å²) in [6.07, 6.45) is 1.31. The van der Waals surface area contributed by atoms with Crippen molar-refractivity contribution < 1.29 is 9.59 Å². The van der Waals surface area contributed by atoms with Crippen molar-refractivity contribution in [2.75, 3.05) is 16.0 Å².